The normalized spacial score (nSPS) is 17.2. The first kappa shape index (κ1) is 20.2. The topological polar surface area (TPSA) is 41.9 Å². The number of ether oxygens (including phenoxy) is 1. The highest BCUT2D eigenvalue weighted by Crippen LogP contribution is 2.36. The molecule has 0 spiro atoms. The highest BCUT2D eigenvalue weighted by Gasteiger charge is 2.33. The lowest BCUT2D eigenvalue weighted by Gasteiger charge is -2.17. The molecule has 1 amide bonds. The second kappa shape index (κ2) is 9.11. The quantitative estimate of drug-likeness (QED) is 0.594. The summed E-state index contributed by atoms with van der Waals surface area (Å²) >= 11 is 1.42. The van der Waals surface area contributed by atoms with E-state index in [9.17, 15) is 4.79 Å². The highest BCUT2D eigenvalue weighted by atomic mass is 32.2. The number of nitrogens with zero attached hydrogens (tertiary/aromatic N) is 2. The monoisotopic (exact) mass is 394 g/mol. The summed E-state index contributed by atoms with van der Waals surface area (Å²) in [6, 6.07) is 15.8. The molecule has 1 aliphatic rings. The van der Waals surface area contributed by atoms with Gasteiger partial charge in [0, 0.05) is 12.1 Å². The Kier molecular flexibility index (Phi) is 6.57. The Bertz CT molecular complexity index is 901. The highest BCUT2D eigenvalue weighted by molar-refractivity contribution is 8.18. The minimum absolute atomic E-state index is 0.00383. The van der Waals surface area contributed by atoms with Crippen LogP contribution in [0.1, 0.15) is 31.9 Å². The zero-order valence-electron chi connectivity index (χ0n) is 16.8. The van der Waals surface area contributed by atoms with E-state index in [1.54, 1.807) is 4.90 Å². The molecule has 28 heavy (non-hydrogen) atoms. The van der Waals surface area contributed by atoms with E-state index in [4.69, 9.17) is 9.73 Å². The lowest BCUT2D eigenvalue weighted by Crippen LogP contribution is -2.32. The van der Waals surface area contributed by atoms with Crippen molar-refractivity contribution < 1.29 is 9.53 Å². The van der Waals surface area contributed by atoms with E-state index in [1.807, 2.05) is 68.5 Å². The van der Waals surface area contributed by atoms with Gasteiger partial charge in [0.1, 0.15) is 5.75 Å². The standard InChI is InChI=1S/C23H26N2O2S/c1-5-27-20-9-7-6-8-18(20)14-21-22(26)25(15-16(2)3)23(28-21)24-19-12-10-17(4)11-13-19/h6-14,16H,5,15H2,1-4H3/b21-14+,24-23?. The van der Waals surface area contributed by atoms with Gasteiger partial charge in [-0.25, -0.2) is 4.99 Å². The molecule has 5 heteroatoms. The number of para-hydroxylation sites is 1. The number of carbonyl (C=O) groups excluding carboxylic acids is 1. The van der Waals surface area contributed by atoms with E-state index in [0.29, 0.717) is 24.0 Å². The molecular formula is C23H26N2O2S. The van der Waals surface area contributed by atoms with E-state index < -0.39 is 0 Å². The maximum Gasteiger partial charge on any atom is 0.266 e. The minimum Gasteiger partial charge on any atom is -0.493 e. The molecule has 1 heterocycles. The van der Waals surface area contributed by atoms with Gasteiger partial charge in [-0.2, -0.15) is 0 Å². The molecule has 0 N–H and O–H groups in total. The number of thioether (sulfide) groups is 1. The first-order valence-electron chi connectivity index (χ1n) is 9.56. The van der Waals surface area contributed by atoms with Crippen LogP contribution in [0.5, 0.6) is 5.75 Å². The van der Waals surface area contributed by atoms with Crippen LogP contribution in [-0.4, -0.2) is 29.1 Å². The molecule has 1 saturated heterocycles. The number of amidine groups is 1. The van der Waals surface area contributed by atoms with Crippen LogP contribution in [-0.2, 0) is 4.79 Å². The van der Waals surface area contributed by atoms with Gasteiger partial charge in [-0.05, 0) is 55.8 Å². The Hall–Kier alpha value is -2.53. The number of aryl methyl sites for hydroxylation is 1. The van der Waals surface area contributed by atoms with Gasteiger partial charge >= 0.3 is 0 Å². The van der Waals surface area contributed by atoms with E-state index in [-0.39, 0.29) is 5.91 Å². The molecule has 1 fully saturated rings. The number of carbonyl (C=O) groups is 1. The summed E-state index contributed by atoms with van der Waals surface area (Å²) in [7, 11) is 0. The molecule has 0 bridgehead atoms. The Labute approximate surface area is 171 Å². The molecule has 4 nitrogen and oxygen atoms in total. The van der Waals surface area contributed by atoms with Crippen molar-refractivity contribution in [2.75, 3.05) is 13.2 Å². The van der Waals surface area contributed by atoms with Gasteiger partial charge in [0.2, 0.25) is 0 Å². The van der Waals surface area contributed by atoms with Crippen LogP contribution in [0.3, 0.4) is 0 Å². The minimum atomic E-state index is -0.00383. The third kappa shape index (κ3) is 4.84. The van der Waals surface area contributed by atoms with Gasteiger partial charge in [0.15, 0.2) is 5.17 Å². The Morgan fingerprint density at radius 2 is 1.86 bits per heavy atom. The molecule has 1 aliphatic heterocycles. The number of benzene rings is 2. The van der Waals surface area contributed by atoms with E-state index in [0.717, 1.165) is 22.2 Å². The summed E-state index contributed by atoms with van der Waals surface area (Å²) in [6.45, 7) is 9.44. The summed E-state index contributed by atoms with van der Waals surface area (Å²) in [6.07, 6.45) is 1.91. The summed E-state index contributed by atoms with van der Waals surface area (Å²) in [5.74, 6) is 1.13. The number of hydrogen-bond acceptors (Lipinski definition) is 4. The molecule has 3 rings (SSSR count). The lowest BCUT2D eigenvalue weighted by molar-refractivity contribution is -0.122. The Morgan fingerprint density at radius 1 is 1.14 bits per heavy atom. The molecule has 0 atom stereocenters. The van der Waals surface area contributed by atoms with Crippen LogP contribution in [0.4, 0.5) is 5.69 Å². The molecule has 146 valence electrons. The maximum absolute atomic E-state index is 13.1. The molecule has 0 radical (unpaired) electrons. The van der Waals surface area contributed by atoms with Gasteiger partial charge in [0.05, 0.1) is 17.2 Å². The zero-order chi connectivity index (χ0) is 20.1. The van der Waals surface area contributed by atoms with Crippen molar-refractivity contribution in [1.29, 1.82) is 0 Å². The third-order valence-electron chi connectivity index (χ3n) is 4.20. The summed E-state index contributed by atoms with van der Waals surface area (Å²) < 4.78 is 5.70. The van der Waals surface area contributed by atoms with Crippen molar-refractivity contribution in [3.63, 3.8) is 0 Å². The molecular weight excluding hydrogens is 368 g/mol. The van der Waals surface area contributed by atoms with E-state index >= 15 is 0 Å². The number of hydrogen-bond donors (Lipinski definition) is 0. The van der Waals surface area contributed by atoms with Crippen LogP contribution in [0.15, 0.2) is 58.4 Å². The smallest absolute Gasteiger partial charge is 0.266 e. The molecule has 0 aromatic heterocycles. The predicted molar refractivity (Wildman–Crippen MR) is 118 cm³/mol. The fourth-order valence-electron chi connectivity index (χ4n) is 2.88. The molecule has 0 aliphatic carbocycles. The van der Waals surface area contributed by atoms with Crippen molar-refractivity contribution in [1.82, 2.24) is 4.90 Å². The predicted octanol–water partition coefficient (Wildman–Crippen LogP) is 5.65. The summed E-state index contributed by atoms with van der Waals surface area (Å²) in [5.41, 5.74) is 2.94. The van der Waals surface area contributed by atoms with Gasteiger partial charge in [-0.15, -0.1) is 0 Å². The Balaban J connectivity index is 1.96. The second-order valence-corrected chi connectivity index (χ2v) is 8.13. The van der Waals surface area contributed by atoms with Crippen molar-refractivity contribution in [2.45, 2.75) is 27.7 Å². The summed E-state index contributed by atoms with van der Waals surface area (Å²) in [4.78, 5) is 20.3. The van der Waals surface area contributed by atoms with Crippen molar-refractivity contribution >= 4 is 34.6 Å². The van der Waals surface area contributed by atoms with Crippen molar-refractivity contribution in [3.05, 3.63) is 64.6 Å². The largest absolute Gasteiger partial charge is 0.493 e. The number of rotatable bonds is 6. The first-order valence-corrected chi connectivity index (χ1v) is 10.4. The number of amides is 1. The average molecular weight is 395 g/mol. The lowest BCUT2D eigenvalue weighted by atomic mass is 10.1. The van der Waals surface area contributed by atoms with E-state index in [1.165, 1.54) is 17.3 Å². The summed E-state index contributed by atoms with van der Waals surface area (Å²) in [5, 5.41) is 0.725. The maximum atomic E-state index is 13.1. The molecule has 0 unspecified atom stereocenters. The molecule has 2 aromatic carbocycles. The fraction of sp³-hybridized carbons (Fsp3) is 0.304. The second-order valence-electron chi connectivity index (χ2n) is 7.12. The van der Waals surface area contributed by atoms with E-state index in [2.05, 4.69) is 13.8 Å². The first-order chi connectivity index (χ1) is 13.5. The average Bonchev–Trinajstić information content (AvgIpc) is 2.94. The van der Waals surface area contributed by atoms with Crippen molar-refractivity contribution in [3.8, 4) is 5.75 Å². The zero-order valence-corrected chi connectivity index (χ0v) is 17.6. The van der Waals surface area contributed by atoms with Crippen LogP contribution < -0.4 is 4.74 Å². The van der Waals surface area contributed by atoms with Crippen LogP contribution in [0.2, 0.25) is 0 Å². The number of aliphatic imine (C=N–C) groups is 1. The third-order valence-corrected chi connectivity index (χ3v) is 5.21. The van der Waals surface area contributed by atoms with Crippen LogP contribution >= 0.6 is 11.8 Å². The molecule has 0 saturated carbocycles. The van der Waals surface area contributed by atoms with Gasteiger partial charge in [-0.3, -0.25) is 9.69 Å². The van der Waals surface area contributed by atoms with Gasteiger partial charge in [0.25, 0.3) is 5.91 Å². The van der Waals surface area contributed by atoms with Crippen LogP contribution in [0.25, 0.3) is 6.08 Å². The Morgan fingerprint density at radius 3 is 2.54 bits per heavy atom. The van der Waals surface area contributed by atoms with Crippen LogP contribution in [0, 0.1) is 12.8 Å². The fourth-order valence-corrected chi connectivity index (χ4v) is 3.87. The van der Waals surface area contributed by atoms with Crippen molar-refractivity contribution in [2.24, 2.45) is 10.9 Å². The molecule has 2 aromatic rings. The van der Waals surface area contributed by atoms with Gasteiger partial charge in [-0.1, -0.05) is 49.7 Å². The SMILES string of the molecule is CCOc1ccccc1/C=C1/SC(=Nc2ccc(C)cc2)N(CC(C)C)C1=O. The van der Waals surface area contributed by atoms with Gasteiger partial charge < -0.3 is 4.74 Å².